The van der Waals surface area contributed by atoms with E-state index < -0.39 is 0 Å². The summed E-state index contributed by atoms with van der Waals surface area (Å²) in [6.45, 7) is 4.88. The molecule has 2 fully saturated rings. The SMILES string of the molecule is O=C(CN1CCN(C(=O)c2cn(-c3ccccc3)nc2-c2cccs2)CC1)N1CCCCC1. The summed E-state index contributed by atoms with van der Waals surface area (Å²) in [7, 11) is 0. The summed E-state index contributed by atoms with van der Waals surface area (Å²) in [4.78, 5) is 33.2. The Morgan fingerprint density at radius 3 is 2.30 bits per heavy atom. The first-order valence-electron chi connectivity index (χ1n) is 11.7. The number of piperidine rings is 1. The maximum Gasteiger partial charge on any atom is 0.257 e. The topological polar surface area (TPSA) is 61.7 Å². The van der Waals surface area contributed by atoms with Crippen LogP contribution in [0.5, 0.6) is 0 Å². The molecule has 33 heavy (non-hydrogen) atoms. The average Bonchev–Trinajstić information content (AvgIpc) is 3.55. The van der Waals surface area contributed by atoms with Crippen molar-refractivity contribution in [3.05, 3.63) is 59.6 Å². The first kappa shape index (κ1) is 21.9. The molecule has 2 amide bonds. The van der Waals surface area contributed by atoms with Crippen molar-refractivity contribution in [2.75, 3.05) is 45.8 Å². The number of carbonyl (C=O) groups is 2. The smallest absolute Gasteiger partial charge is 0.257 e. The second-order valence-electron chi connectivity index (χ2n) is 8.66. The van der Waals surface area contributed by atoms with E-state index in [1.54, 1.807) is 16.0 Å². The van der Waals surface area contributed by atoms with Gasteiger partial charge in [0.05, 0.1) is 22.7 Å². The number of benzene rings is 1. The van der Waals surface area contributed by atoms with Crippen LogP contribution in [0.25, 0.3) is 16.3 Å². The minimum absolute atomic E-state index is 0.00240. The molecule has 2 aromatic heterocycles. The Morgan fingerprint density at radius 2 is 1.61 bits per heavy atom. The van der Waals surface area contributed by atoms with Crippen LogP contribution >= 0.6 is 11.3 Å². The van der Waals surface area contributed by atoms with Crippen molar-refractivity contribution in [3.8, 4) is 16.3 Å². The van der Waals surface area contributed by atoms with Crippen LogP contribution in [0.15, 0.2) is 54.0 Å². The van der Waals surface area contributed by atoms with Crippen molar-refractivity contribution in [1.29, 1.82) is 0 Å². The molecule has 0 spiro atoms. The fourth-order valence-corrected chi connectivity index (χ4v) is 5.28. The van der Waals surface area contributed by atoms with Crippen molar-refractivity contribution in [2.24, 2.45) is 0 Å². The summed E-state index contributed by atoms with van der Waals surface area (Å²) >= 11 is 1.59. The minimum Gasteiger partial charge on any atom is -0.342 e. The lowest BCUT2D eigenvalue weighted by Crippen LogP contribution is -2.52. The number of aromatic nitrogens is 2. The van der Waals surface area contributed by atoms with Gasteiger partial charge in [-0.1, -0.05) is 24.3 Å². The molecule has 5 rings (SSSR count). The standard InChI is InChI=1S/C25H29N5O2S/c31-23(28-11-5-2-6-12-28)19-27-13-15-29(16-14-27)25(32)21-18-30(20-8-3-1-4-9-20)26-24(21)22-10-7-17-33-22/h1,3-4,7-10,17-18H,2,5-6,11-16,19H2. The molecule has 0 atom stereocenters. The third-order valence-corrected chi connectivity index (χ3v) is 7.32. The van der Waals surface area contributed by atoms with Gasteiger partial charge in [-0.3, -0.25) is 14.5 Å². The number of nitrogens with zero attached hydrogens (tertiary/aromatic N) is 5. The number of thiophene rings is 1. The van der Waals surface area contributed by atoms with E-state index in [4.69, 9.17) is 5.10 Å². The third kappa shape index (κ3) is 4.86. The van der Waals surface area contributed by atoms with E-state index in [1.807, 2.05) is 63.8 Å². The molecule has 8 heteroatoms. The quantitative estimate of drug-likeness (QED) is 0.582. The van der Waals surface area contributed by atoms with Crippen molar-refractivity contribution in [1.82, 2.24) is 24.5 Å². The Kier molecular flexibility index (Phi) is 6.55. The number of para-hydroxylation sites is 1. The van der Waals surface area contributed by atoms with Crippen LogP contribution in [0.1, 0.15) is 29.6 Å². The van der Waals surface area contributed by atoms with E-state index in [9.17, 15) is 9.59 Å². The molecule has 3 aromatic rings. The lowest BCUT2D eigenvalue weighted by molar-refractivity contribution is -0.133. The van der Waals surface area contributed by atoms with Gasteiger partial charge in [0.25, 0.3) is 5.91 Å². The first-order chi connectivity index (χ1) is 16.2. The molecule has 0 N–H and O–H groups in total. The molecular formula is C25H29N5O2S. The van der Waals surface area contributed by atoms with E-state index in [2.05, 4.69) is 4.90 Å². The number of amides is 2. The second-order valence-corrected chi connectivity index (χ2v) is 9.61. The highest BCUT2D eigenvalue weighted by molar-refractivity contribution is 7.13. The normalized spacial score (nSPS) is 17.3. The lowest BCUT2D eigenvalue weighted by Gasteiger charge is -2.36. The molecule has 2 aliphatic rings. The maximum absolute atomic E-state index is 13.5. The number of likely N-dealkylation sites (tertiary alicyclic amines) is 1. The summed E-state index contributed by atoms with van der Waals surface area (Å²) < 4.78 is 1.79. The maximum atomic E-state index is 13.5. The molecule has 0 bridgehead atoms. The van der Waals surface area contributed by atoms with Gasteiger partial charge in [0.2, 0.25) is 5.91 Å². The summed E-state index contributed by atoms with van der Waals surface area (Å²) in [6, 6.07) is 13.8. The zero-order valence-electron chi connectivity index (χ0n) is 18.7. The Labute approximate surface area is 198 Å². The fraction of sp³-hybridized carbons (Fsp3) is 0.400. The average molecular weight is 464 g/mol. The van der Waals surface area contributed by atoms with Crippen LogP contribution in [0.2, 0.25) is 0 Å². The van der Waals surface area contributed by atoms with Gasteiger partial charge < -0.3 is 9.80 Å². The molecule has 0 unspecified atom stereocenters. The van der Waals surface area contributed by atoms with Crippen LogP contribution in [0, 0.1) is 0 Å². The Balaban J connectivity index is 1.28. The van der Waals surface area contributed by atoms with Gasteiger partial charge in [-0.2, -0.15) is 5.10 Å². The summed E-state index contributed by atoms with van der Waals surface area (Å²) in [6.07, 6.45) is 5.28. The Morgan fingerprint density at radius 1 is 0.848 bits per heavy atom. The molecule has 2 saturated heterocycles. The molecule has 7 nitrogen and oxygen atoms in total. The fourth-order valence-electron chi connectivity index (χ4n) is 4.55. The van der Waals surface area contributed by atoms with Crippen molar-refractivity contribution in [3.63, 3.8) is 0 Å². The predicted molar refractivity (Wildman–Crippen MR) is 130 cm³/mol. The number of piperazine rings is 1. The molecule has 0 aliphatic carbocycles. The number of hydrogen-bond donors (Lipinski definition) is 0. The molecule has 0 radical (unpaired) electrons. The molecule has 4 heterocycles. The highest BCUT2D eigenvalue weighted by Gasteiger charge is 2.28. The van der Waals surface area contributed by atoms with E-state index in [-0.39, 0.29) is 11.8 Å². The predicted octanol–water partition coefficient (Wildman–Crippen LogP) is 3.37. The highest BCUT2D eigenvalue weighted by atomic mass is 32.1. The number of rotatable bonds is 5. The third-order valence-electron chi connectivity index (χ3n) is 6.45. The molecular weight excluding hydrogens is 434 g/mol. The van der Waals surface area contributed by atoms with Crippen LogP contribution in [0.3, 0.4) is 0 Å². The van der Waals surface area contributed by atoms with Crippen LogP contribution < -0.4 is 0 Å². The second kappa shape index (κ2) is 9.89. The summed E-state index contributed by atoms with van der Waals surface area (Å²) in [5, 5.41) is 6.77. The van der Waals surface area contributed by atoms with E-state index in [0.717, 1.165) is 42.2 Å². The zero-order chi connectivity index (χ0) is 22.6. The van der Waals surface area contributed by atoms with E-state index in [0.29, 0.717) is 38.3 Å². The van der Waals surface area contributed by atoms with Gasteiger partial charge in [-0.15, -0.1) is 11.3 Å². The molecule has 2 aliphatic heterocycles. The zero-order valence-corrected chi connectivity index (χ0v) is 19.5. The Hall–Kier alpha value is -2.97. The van der Waals surface area contributed by atoms with Gasteiger partial charge in [0, 0.05) is 45.5 Å². The molecule has 0 saturated carbocycles. The minimum atomic E-state index is 0.00240. The largest absolute Gasteiger partial charge is 0.342 e. The first-order valence-corrected chi connectivity index (χ1v) is 12.6. The van der Waals surface area contributed by atoms with E-state index in [1.165, 1.54) is 6.42 Å². The van der Waals surface area contributed by atoms with E-state index >= 15 is 0 Å². The monoisotopic (exact) mass is 463 g/mol. The van der Waals surface area contributed by atoms with Gasteiger partial charge in [0.15, 0.2) is 0 Å². The Bertz CT molecular complexity index is 1080. The van der Waals surface area contributed by atoms with Crippen molar-refractivity contribution < 1.29 is 9.59 Å². The van der Waals surface area contributed by atoms with Gasteiger partial charge in [-0.25, -0.2) is 4.68 Å². The van der Waals surface area contributed by atoms with Crippen LogP contribution in [-0.4, -0.2) is 82.1 Å². The van der Waals surface area contributed by atoms with Gasteiger partial charge in [0.1, 0.15) is 5.69 Å². The number of carbonyl (C=O) groups excluding carboxylic acids is 2. The van der Waals surface area contributed by atoms with Gasteiger partial charge >= 0.3 is 0 Å². The summed E-state index contributed by atoms with van der Waals surface area (Å²) in [5.41, 5.74) is 2.27. The highest BCUT2D eigenvalue weighted by Crippen LogP contribution is 2.29. The van der Waals surface area contributed by atoms with Crippen LogP contribution in [-0.2, 0) is 4.79 Å². The lowest BCUT2D eigenvalue weighted by atomic mass is 10.1. The molecule has 172 valence electrons. The van der Waals surface area contributed by atoms with Crippen LogP contribution in [0.4, 0.5) is 0 Å². The summed E-state index contributed by atoms with van der Waals surface area (Å²) in [5.74, 6) is 0.223. The van der Waals surface area contributed by atoms with Crippen molar-refractivity contribution in [2.45, 2.75) is 19.3 Å². The molecule has 1 aromatic carbocycles. The number of hydrogen-bond acceptors (Lipinski definition) is 5. The van der Waals surface area contributed by atoms with Gasteiger partial charge in [-0.05, 0) is 42.8 Å². The van der Waals surface area contributed by atoms with Crippen molar-refractivity contribution >= 4 is 23.2 Å².